The van der Waals surface area contributed by atoms with E-state index >= 15 is 0 Å². The van der Waals surface area contributed by atoms with Crippen LogP contribution < -0.4 is 5.32 Å². The zero-order valence-corrected chi connectivity index (χ0v) is 19.1. The minimum absolute atomic E-state index is 0.182. The molecule has 2 aromatic heterocycles. The minimum atomic E-state index is -0.182. The number of benzene rings is 1. The number of hydrogen-bond donors (Lipinski definition) is 1. The van der Waals surface area contributed by atoms with Crippen LogP contribution in [0.2, 0.25) is 0 Å². The number of rotatable bonds is 8. The molecule has 1 aromatic carbocycles. The van der Waals surface area contributed by atoms with Crippen LogP contribution in [0.25, 0.3) is 17.3 Å². The highest BCUT2D eigenvalue weighted by atomic mass is 32.2. The van der Waals surface area contributed by atoms with Gasteiger partial charge in [-0.05, 0) is 54.0 Å². The van der Waals surface area contributed by atoms with Crippen molar-refractivity contribution < 1.29 is 4.79 Å². The third-order valence-electron chi connectivity index (χ3n) is 5.52. The van der Waals surface area contributed by atoms with Crippen LogP contribution in [0, 0.1) is 5.92 Å². The van der Waals surface area contributed by atoms with E-state index in [1.54, 1.807) is 18.5 Å². The van der Waals surface area contributed by atoms with Gasteiger partial charge in [0.1, 0.15) is 0 Å². The van der Waals surface area contributed by atoms with Crippen LogP contribution in [0.4, 0.5) is 5.13 Å². The van der Waals surface area contributed by atoms with Gasteiger partial charge in [0.25, 0.3) is 0 Å². The molecule has 0 radical (unpaired) electrons. The van der Waals surface area contributed by atoms with Crippen LogP contribution in [0.5, 0.6) is 0 Å². The van der Waals surface area contributed by atoms with Crippen molar-refractivity contribution >= 4 is 40.2 Å². The van der Waals surface area contributed by atoms with Crippen molar-refractivity contribution in [3.05, 3.63) is 65.8 Å². The van der Waals surface area contributed by atoms with E-state index in [0.717, 1.165) is 22.7 Å². The summed E-state index contributed by atoms with van der Waals surface area (Å²) in [6.07, 6.45) is 15.3. The van der Waals surface area contributed by atoms with E-state index in [-0.39, 0.29) is 5.91 Å². The molecule has 1 N–H and O–H groups in total. The molecule has 0 atom stereocenters. The number of anilines is 1. The highest BCUT2D eigenvalue weighted by molar-refractivity contribution is 7.99. The maximum absolute atomic E-state index is 12.2. The van der Waals surface area contributed by atoms with Crippen LogP contribution in [0.1, 0.15) is 44.1 Å². The lowest BCUT2D eigenvalue weighted by Crippen LogP contribution is -2.07. The van der Waals surface area contributed by atoms with Gasteiger partial charge in [-0.25, -0.2) is 4.98 Å². The van der Waals surface area contributed by atoms with Crippen LogP contribution in [-0.4, -0.2) is 21.6 Å². The molecule has 1 aliphatic carbocycles. The summed E-state index contributed by atoms with van der Waals surface area (Å²) in [4.78, 5) is 22.1. The Labute approximate surface area is 192 Å². The van der Waals surface area contributed by atoms with Gasteiger partial charge >= 0.3 is 0 Å². The molecule has 4 nitrogen and oxygen atoms in total. The Morgan fingerprint density at radius 3 is 2.77 bits per heavy atom. The summed E-state index contributed by atoms with van der Waals surface area (Å²) in [5, 5.41) is 5.33. The van der Waals surface area contributed by atoms with Gasteiger partial charge in [0.2, 0.25) is 5.91 Å². The number of pyridine rings is 1. The van der Waals surface area contributed by atoms with Crippen molar-refractivity contribution in [3.8, 4) is 11.3 Å². The average molecular weight is 450 g/mol. The first-order chi connectivity index (χ1) is 15.3. The maximum Gasteiger partial charge on any atom is 0.250 e. The molecule has 2 heterocycles. The molecule has 1 saturated carbocycles. The standard InChI is InChI=1S/C25H27N3OS2/c29-24(28-25-27-23(18-31-25)21-7-4-15-26-17-21)13-10-20-8-11-22(12-9-20)30-16-14-19-5-2-1-3-6-19/h4,7-13,15,17-19H,1-3,5-6,14,16H2,(H,27,28,29)/b13-10+. The Morgan fingerprint density at radius 1 is 1.16 bits per heavy atom. The monoisotopic (exact) mass is 449 g/mol. The van der Waals surface area contributed by atoms with Crippen molar-refractivity contribution in [1.29, 1.82) is 0 Å². The fraction of sp³-hybridized carbons (Fsp3) is 0.320. The fourth-order valence-electron chi connectivity index (χ4n) is 3.79. The predicted octanol–water partition coefficient (Wildman–Crippen LogP) is 6.92. The molecule has 1 amide bonds. The van der Waals surface area contributed by atoms with E-state index in [9.17, 15) is 4.79 Å². The van der Waals surface area contributed by atoms with Crippen molar-refractivity contribution in [2.75, 3.05) is 11.1 Å². The van der Waals surface area contributed by atoms with Gasteiger partial charge in [-0.2, -0.15) is 0 Å². The zero-order valence-electron chi connectivity index (χ0n) is 17.5. The molecule has 4 rings (SSSR count). The summed E-state index contributed by atoms with van der Waals surface area (Å²) in [5.74, 6) is 1.94. The van der Waals surface area contributed by atoms with Gasteiger partial charge in [-0.1, -0.05) is 44.2 Å². The third kappa shape index (κ3) is 6.77. The lowest BCUT2D eigenvalue weighted by atomic mass is 9.88. The summed E-state index contributed by atoms with van der Waals surface area (Å²) in [6.45, 7) is 0. The van der Waals surface area contributed by atoms with Gasteiger partial charge in [0.05, 0.1) is 5.69 Å². The molecule has 1 fully saturated rings. The molecule has 31 heavy (non-hydrogen) atoms. The molecule has 0 bridgehead atoms. The van der Waals surface area contributed by atoms with E-state index in [0.29, 0.717) is 5.13 Å². The van der Waals surface area contributed by atoms with E-state index in [1.165, 1.54) is 60.5 Å². The Kier molecular flexibility index (Phi) is 7.91. The molecule has 0 unspecified atom stereocenters. The Morgan fingerprint density at radius 2 is 2.00 bits per heavy atom. The summed E-state index contributed by atoms with van der Waals surface area (Å²) in [6, 6.07) is 12.2. The predicted molar refractivity (Wildman–Crippen MR) is 131 cm³/mol. The topological polar surface area (TPSA) is 54.9 Å². The second-order valence-corrected chi connectivity index (χ2v) is 9.84. The number of amides is 1. The van der Waals surface area contributed by atoms with E-state index in [4.69, 9.17) is 0 Å². The van der Waals surface area contributed by atoms with Crippen molar-refractivity contribution in [1.82, 2.24) is 9.97 Å². The third-order valence-corrected chi connectivity index (χ3v) is 7.32. The largest absolute Gasteiger partial charge is 0.298 e. The maximum atomic E-state index is 12.2. The quantitative estimate of drug-likeness (QED) is 0.299. The van der Waals surface area contributed by atoms with Gasteiger partial charge in [-0.3, -0.25) is 15.1 Å². The summed E-state index contributed by atoms with van der Waals surface area (Å²) >= 11 is 3.34. The molecule has 3 aromatic rings. The van der Waals surface area contributed by atoms with Crippen LogP contribution in [0.3, 0.4) is 0 Å². The number of hydrogen-bond acceptors (Lipinski definition) is 5. The smallest absolute Gasteiger partial charge is 0.250 e. The first-order valence-corrected chi connectivity index (χ1v) is 12.7. The number of carbonyl (C=O) groups excluding carboxylic acids is 1. The van der Waals surface area contributed by atoms with Crippen molar-refractivity contribution in [2.45, 2.75) is 43.4 Å². The number of nitrogens with one attached hydrogen (secondary N) is 1. The number of nitrogens with zero attached hydrogens (tertiary/aromatic N) is 2. The number of thioether (sulfide) groups is 1. The Balaban J connectivity index is 1.23. The fourth-order valence-corrected chi connectivity index (χ4v) is 5.53. The van der Waals surface area contributed by atoms with Crippen LogP contribution >= 0.6 is 23.1 Å². The molecular weight excluding hydrogens is 422 g/mol. The summed E-state index contributed by atoms with van der Waals surface area (Å²) in [5.41, 5.74) is 2.77. The van der Waals surface area contributed by atoms with E-state index in [2.05, 4.69) is 39.6 Å². The second kappa shape index (κ2) is 11.3. The number of thiazole rings is 1. The minimum Gasteiger partial charge on any atom is -0.298 e. The van der Waals surface area contributed by atoms with Gasteiger partial charge in [-0.15, -0.1) is 23.1 Å². The molecule has 0 spiro atoms. The molecule has 0 saturated heterocycles. The van der Waals surface area contributed by atoms with Gasteiger partial charge < -0.3 is 0 Å². The molecule has 6 heteroatoms. The van der Waals surface area contributed by atoms with Gasteiger partial charge in [0.15, 0.2) is 5.13 Å². The zero-order chi connectivity index (χ0) is 21.3. The molecular formula is C25H27N3OS2. The van der Waals surface area contributed by atoms with Crippen LogP contribution in [-0.2, 0) is 4.79 Å². The number of aromatic nitrogens is 2. The summed E-state index contributed by atoms with van der Waals surface area (Å²) < 4.78 is 0. The highest BCUT2D eigenvalue weighted by Crippen LogP contribution is 2.29. The first-order valence-electron chi connectivity index (χ1n) is 10.8. The van der Waals surface area contributed by atoms with E-state index in [1.807, 2.05) is 35.4 Å². The van der Waals surface area contributed by atoms with Crippen molar-refractivity contribution in [3.63, 3.8) is 0 Å². The van der Waals surface area contributed by atoms with Gasteiger partial charge in [0, 0.05) is 34.3 Å². The van der Waals surface area contributed by atoms with Crippen LogP contribution in [0.15, 0.2) is 65.1 Å². The Bertz CT molecular complexity index is 993. The normalized spacial score (nSPS) is 14.7. The van der Waals surface area contributed by atoms with E-state index < -0.39 is 0 Å². The second-order valence-electron chi connectivity index (χ2n) is 7.81. The Hall–Kier alpha value is -2.44. The number of carbonyl (C=O) groups is 1. The molecule has 160 valence electrons. The lowest BCUT2D eigenvalue weighted by molar-refractivity contribution is -0.111. The highest BCUT2D eigenvalue weighted by Gasteiger charge is 2.12. The lowest BCUT2D eigenvalue weighted by Gasteiger charge is -2.21. The molecule has 0 aliphatic heterocycles. The summed E-state index contributed by atoms with van der Waals surface area (Å²) in [7, 11) is 0. The first kappa shape index (κ1) is 21.8. The average Bonchev–Trinajstić information content (AvgIpc) is 3.28. The van der Waals surface area contributed by atoms with Crippen molar-refractivity contribution in [2.24, 2.45) is 5.92 Å². The SMILES string of the molecule is O=C(/C=C/c1ccc(SCCC2CCCCC2)cc1)Nc1nc(-c2cccnc2)cs1. The molecule has 1 aliphatic rings.